The van der Waals surface area contributed by atoms with Crippen molar-refractivity contribution in [3.63, 3.8) is 0 Å². The van der Waals surface area contributed by atoms with Crippen molar-refractivity contribution in [2.24, 2.45) is 7.05 Å². The molecule has 2 aromatic rings. The van der Waals surface area contributed by atoms with E-state index < -0.39 is 5.82 Å². The molecule has 0 radical (unpaired) electrons. The minimum Gasteiger partial charge on any atom is -0.378 e. The number of nitrogens with one attached hydrogen (secondary N) is 1. The van der Waals surface area contributed by atoms with E-state index in [-0.39, 0.29) is 17.4 Å². The standard InChI is InChI=1S/C15H16ClFN2O/c1-9-6-12(10(2)19(9)3)15(20)8-18-11-4-5-14(17)13(16)7-11/h4-7,18H,8H2,1-3H3. The molecule has 1 heterocycles. The van der Waals surface area contributed by atoms with Gasteiger partial charge >= 0.3 is 0 Å². The highest BCUT2D eigenvalue weighted by Crippen LogP contribution is 2.20. The number of nitrogens with zero attached hydrogens (tertiary/aromatic N) is 1. The zero-order valence-electron chi connectivity index (χ0n) is 11.6. The quantitative estimate of drug-likeness (QED) is 0.872. The summed E-state index contributed by atoms with van der Waals surface area (Å²) < 4.78 is 15.0. The van der Waals surface area contributed by atoms with Gasteiger partial charge in [0.25, 0.3) is 0 Å². The molecule has 0 spiro atoms. The Labute approximate surface area is 122 Å². The average Bonchev–Trinajstić information content (AvgIpc) is 2.67. The van der Waals surface area contributed by atoms with E-state index in [4.69, 9.17) is 11.6 Å². The smallest absolute Gasteiger partial charge is 0.183 e. The number of carbonyl (C=O) groups is 1. The van der Waals surface area contributed by atoms with E-state index in [0.29, 0.717) is 11.3 Å². The fraction of sp³-hybridized carbons (Fsp3) is 0.267. The second kappa shape index (κ2) is 5.67. The summed E-state index contributed by atoms with van der Waals surface area (Å²) in [5.74, 6) is -0.482. The SMILES string of the molecule is Cc1cc(C(=O)CNc2ccc(F)c(Cl)c2)c(C)n1C. The molecule has 2 rings (SSSR count). The van der Waals surface area contributed by atoms with Gasteiger partial charge in [0, 0.05) is 29.7 Å². The molecule has 0 fully saturated rings. The molecule has 1 N–H and O–H groups in total. The zero-order chi connectivity index (χ0) is 14.9. The van der Waals surface area contributed by atoms with E-state index in [1.807, 2.05) is 31.5 Å². The molecule has 0 amide bonds. The molecule has 0 aliphatic rings. The molecule has 0 aliphatic heterocycles. The van der Waals surface area contributed by atoms with E-state index in [1.165, 1.54) is 12.1 Å². The van der Waals surface area contributed by atoms with Gasteiger partial charge in [-0.1, -0.05) is 11.6 Å². The third-order valence-electron chi connectivity index (χ3n) is 3.45. The molecule has 0 unspecified atom stereocenters. The van der Waals surface area contributed by atoms with Crippen LogP contribution in [-0.2, 0) is 7.05 Å². The molecular weight excluding hydrogens is 279 g/mol. The van der Waals surface area contributed by atoms with Gasteiger partial charge in [0.15, 0.2) is 5.78 Å². The monoisotopic (exact) mass is 294 g/mol. The van der Waals surface area contributed by atoms with Crippen LogP contribution < -0.4 is 5.32 Å². The van der Waals surface area contributed by atoms with Gasteiger partial charge in [-0.2, -0.15) is 0 Å². The van der Waals surface area contributed by atoms with Gasteiger partial charge in [-0.05, 0) is 38.1 Å². The van der Waals surface area contributed by atoms with Crippen LogP contribution in [0.2, 0.25) is 5.02 Å². The van der Waals surface area contributed by atoms with Crippen molar-refractivity contribution in [3.05, 3.63) is 52.1 Å². The lowest BCUT2D eigenvalue weighted by Crippen LogP contribution is -2.14. The highest BCUT2D eigenvalue weighted by atomic mass is 35.5. The minimum absolute atomic E-state index is 0.00773. The first-order valence-electron chi connectivity index (χ1n) is 6.25. The lowest BCUT2D eigenvalue weighted by atomic mass is 10.1. The molecule has 3 nitrogen and oxygen atoms in total. The number of carbonyl (C=O) groups excluding carboxylic acids is 1. The number of rotatable bonds is 4. The summed E-state index contributed by atoms with van der Waals surface area (Å²) in [5, 5.41) is 2.99. The van der Waals surface area contributed by atoms with Crippen molar-refractivity contribution in [3.8, 4) is 0 Å². The van der Waals surface area contributed by atoms with Crippen LogP contribution in [0.5, 0.6) is 0 Å². The fourth-order valence-corrected chi connectivity index (χ4v) is 2.20. The molecule has 0 atom stereocenters. The fourth-order valence-electron chi connectivity index (χ4n) is 2.02. The van der Waals surface area contributed by atoms with Crippen LogP contribution in [0.25, 0.3) is 0 Å². The summed E-state index contributed by atoms with van der Waals surface area (Å²) in [7, 11) is 1.93. The first-order valence-corrected chi connectivity index (χ1v) is 6.63. The maximum Gasteiger partial charge on any atom is 0.183 e. The number of ketones is 1. The largest absolute Gasteiger partial charge is 0.378 e. The van der Waals surface area contributed by atoms with Gasteiger partial charge in [0.1, 0.15) is 5.82 Å². The normalized spacial score (nSPS) is 10.7. The van der Waals surface area contributed by atoms with Gasteiger partial charge in [-0.3, -0.25) is 4.79 Å². The molecule has 106 valence electrons. The Balaban J connectivity index is 2.08. The predicted molar refractivity (Wildman–Crippen MR) is 79.1 cm³/mol. The van der Waals surface area contributed by atoms with E-state index >= 15 is 0 Å². The summed E-state index contributed by atoms with van der Waals surface area (Å²) in [4.78, 5) is 12.2. The maximum absolute atomic E-state index is 13.0. The highest BCUT2D eigenvalue weighted by molar-refractivity contribution is 6.31. The first-order chi connectivity index (χ1) is 9.40. The van der Waals surface area contributed by atoms with E-state index in [9.17, 15) is 9.18 Å². The number of Topliss-reactive ketones (excluding diaryl/α,β-unsaturated/α-hetero) is 1. The van der Waals surface area contributed by atoms with Crippen molar-refractivity contribution in [2.45, 2.75) is 13.8 Å². The van der Waals surface area contributed by atoms with Gasteiger partial charge < -0.3 is 9.88 Å². The molecule has 0 bridgehead atoms. The maximum atomic E-state index is 13.0. The Kier molecular flexibility index (Phi) is 4.14. The summed E-state index contributed by atoms with van der Waals surface area (Å²) in [6.45, 7) is 4.01. The van der Waals surface area contributed by atoms with E-state index in [2.05, 4.69) is 5.32 Å². The molecule has 0 saturated heterocycles. The van der Waals surface area contributed by atoms with Gasteiger partial charge in [-0.25, -0.2) is 4.39 Å². The Morgan fingerprint density at radius 3 is 2.60 bits per heavy atom. The summed E-state index contributed by atoms with van der Waals surface area (Å²) in [6, 6.07) is 6.16. The lowest BCUT2D eigenvalue weighted by molar-refractivity contribution is 0.101. The van der Waals surface area contributed by atoms with Gasteiger partial charge in [0.05, 0.1) is 11.6 Å². The predicted octanol–water partition coefficient (Wildman–Crippen LogP) is 3.73. The number of aryl methyl sites for hydroxylation is 1. The number of halogens is 2. The van der Waals surface area contributed by atoms with Gasteiger partial charge in [-0.15, -0.1) is 0 Å². The topological polar surface area (TPSA) is 34.0 Å². The van der Waals surface area contributed by atoms with Crippen molar-refractivity contribution in [2.75, 3.05) is 11.9 Å². The molecule has 0 aliphatic carbocycles. The number of hydrogen-bond acceptors (Lipinski definition) is 2. The van der Waals surface area contributed by atoms with Crippen molar-refractivity contribution in [1.82, 2.24) is 4.57 Å². The molecule has 5 heteroatoms. The molecule has 20 heavy (non-hydrogen) atoms. The van der Waals surface area contributed by atoms with E-state index in [1.54, 1.807) is 6.07 Å². The number of benzene rings is 1. The van der Waals surface area contributed by atoms with Crippen molar-refractivity contribution < 1.29 is 9.18 Å². The average molecular weight is 295 g/mol. The van der Waals surface area contributed by atoms with Crippen molar-refractivity contribution >= 4 is 23.1 Å². The Morgan fingerprint density at radius 1 is 1.35 bits per heavy atom. The molecule has 1 aromatic carbocycles. The number of anilines is 1. The molecule has 1 aromatic heterocycles. The van der Waals surface area contributed by atoms with Gasteiger partial charge in [0.2, 0.25) is 0 Å². The summed E-state index contributed by atoms with van der Waals surface area (Å²) >= 11 is 5.69. The Bertz CT molecular complexity index is 664. The van der Waals surface area contributed by atoms with Crippen molar-refractivity contribution in [1.29, 1.82) is 0 Å². The third kappa shape index (κ3) is 2.85. The Hall–Kier alpha value is -1.81. The van der Waals surface area contributed by atoms with Crippen LogP contribution in [0, 0.1) is 19.7 Å². The number of aromatic nitrogens is 1. The van der Waals surface area contributed by atoms with Crippen LogP contribution in [0.4, 0.5) is 10.1 Å². The summed E-state index contributed by atoms with van der Waals surface area (Å²) in [6.07, 6.45) is 0. The zero-order valence-corrected chi connectivity index (χ0v) is 12.4. The molecule has 0 saturated carbocycles. The first kappa shape index (κ1) is 14.6. The minimum atomic E-state index is -0.474. The van der Waals surface area contributed by atoms with Crippen LogP contribution in [0.15, 0.2) is 24.3 Å². The van der Waals surface area contributed by atoms with Crippen LogP contribution in [-0.4, -0.2) is 16.9 Å². The second-order valence-corrected chi connectivity index (χ2v) is 5.16. The molecular formula is C15H16ClFN2O. The number of hydrogen-bond donors (Lipinski definition) is 1. The third-order valence-corrected chi connectivity index (χ3v) is 3.74. The second-order valence-electron chi connectivity index (χ2n) is 4.75. The summed E-state index contributed by atoms with van der Waals surface area (Å²) in [5.41, 5.74) is 3.29. The Morgan fingerprint density at radius 2 is 2.05 bits per heavy atom. The lowest BCUT2D eigenvalue weighted by Gasteiger charge is -2.07. The van der Waals surface area contributed by atoms with E-state index in [0.717, 1.165) is 11.4 Å². The highest BCUT2D eigenvalue weighted by Gasteiger charge is 2.13. The van der Waals surface area contributed by atoms with Crippen LogP contribution in [0.3, 0.4) is 0 Å². The van der Waals surface area contributed by atoms with Crippen LogP contribution >= 0.6 is 11.6 Å². The van der Waals surface area contributed by atoms with Crippen LogP contribution in [0.1, 0.15) is 21.7 Å².